The van der Waals surface area contributed by atoms with Gasteiger partial charge in [0.25, 0.3) is 0 Å². The molecule has 2 atom stereocenters. The first-order valence-corrected chi connectivity index (χ1v) is 6.72. The monoisotopic (exact) mass is 282 g/mol. The van der Waals surface area contributed by atoms with Crippen molar-refractivity contribution in [3.63, 3.8) is 0 Å². The maximum atomic E-state index is 9.78. The van der Waals surface area contributed by atoms with Gasteiger partial charge < -0.3 is 10.2 Å². The van der Waals surface area contributed by atoms with Gasteiger partial charge in [0.15, 0.2) is 5.16 Å². The molecule has 0 aliphatic carbocycles. The molecule has 90 valence electrons. The van der Waals surface area contributed by atoms with E-state index in [0.29, 0.717) is 10.7 Å². The van der Waals surface area contributed by atoms with Crippen LogP contribution in [0, 0.1) is 0 Å². The lowest BCUT2D eigenvalue weighted by atomic mass is 10.1. The van der Waals surface area contributed by atoms with E-state index in [4.69, 9.17) is 23.2 Å². The largest absolute Gasteiger partial charge is 0.390 e. The van der Waals surface area contributed by atoms with Crippen LogP contribution in [0.25, 0.3) is 0 Å². The lowest BCUT2D eigenvalue weighted by Crippen LogP contribution is -2.19. The second kappa shape index (κ2) is 6.61. The molecule has 7 heteroatoms. The molecule has 0 saturated heterocycles. The SMILES string of the molecule is CSc1ncc(C(O)C(O)CCCl)c(Cl)n1. The third-order valence-electron chi connectivity index (χ3n) is 2.02. The number of nitrogens with zero attached hydrogens (tertiary/aromatic N) is 2. The number of aromatic nitrogens is 2. The topological polar surface area (TPSA) is 66.2 Å². The first-order valence-electron chi connectivity index (χ1n) is 4.58. The molecule has 0 spiro atoms. The molecule has 0 radical (unpaired) electrons. The van der Waals surface area contributed by atoms with E-state index in [9.17, 15) is 10.2 Å². The highest BCUT2D eigenvalue weighted by Gasteiger charge is 2.21. The van der Waals surface area contributed by atoms with E-state index in [2.05, 4.69) is 9.97 Å². The Hall–Kier alpha value is -0.0700. The van der Waals surface area contributed by atoms with Gasteiger partial charge in [-0.2, -0.15) is 0 Å². The predicted molar refractivity (Wildman–Crippen MR) is 65.1 cm³/mol. The number of halogens is 2. The Morgan fingerprint density at radius 3 is 2.69 bits per heavy atom. The summed E-state index contributed by atoms with van der Waals surface area (Å²) in [7, 11) is 0. The molecule has 4 nitrogen and oxygen atoms in total. The minimum Gasteiger partial charge on any atom is -0.390 e. The lowest BCUT2D eigenvalue weighted by molar-refractivity contribution is 0.0165. The molecule has 0 aliphatic heterocycles. The quantitative estimate of drug-likeness (QED) is 0.374. The van der Waals surface area contributed by atoms with Crippen LogP contribution in [0.3, 0.4) is 0 Å². The van der Waals surface area contributed by atoms with Crippen molar-refractivity contribution in [2.24, 2.45) is 0 Å². The molecule has 0 saturated carbocycles. The first kappa shape index (κ1) is 14.0. The summed E-state index contributed by atoms with van der Waals surface area (Å²) in [5, 5.41) is 20.0. The highest BCUT2D eigenvalue weighted by atomic mass is 35.5. The normalized spacial score (nSPS) is 14.8. The summed E-state index contributed by atoms with van der Waals surface area (Å²) < 4.78 is 0. The molecule has 0 aliphatic rings. The Bertz CT molecular complexity index is 354. The lowest BCUT2D eigenvalue weighted by Gasteiger charge is -2.17. The van der Waals surface area contributed by atoms with Crippen molar-refractivity contribution >= 4 is 35.0 Å². The van der Waals surface area contributed by atoms with Crippen LogP contribution in [0.5, 0.6) is 0 Å². The Labute approximate surface area is 108 Å². The van der Waals surface area contributed by atoms with Gasteiger partial charge in [-0.05, 0) is 12.7 Å². The fourth-order valence-corrected chi connectivity index (χ4v) is 1.98. The smallest absolute Gasteiger partial charge is 0.188 e. The van der Waals surface area contributed by atoms with Crippen LogP contribution in [0.15, 0.2) is 11.4 Å². The van der Waals surface area contributed by atoms with Gasteiger partial charge >= 0.3 is 0 Å². The summed E-state index contributed by atoms with van der Waals surface area (Å²) in [6.45, 7) is 0. The summed E-state index contributed by atoms with van der Waals surface area (Å²) in [5.41, 5.74) is 0.317. The molecule has 0 amide bonds. The minimum absolute atomic E-state index is 0.153. The molecule has 16 heavy (non-hydrogen) atoms. The van der Waals surface area contributed by atoms with Crippen LogP contribution in [0.2, 0.25) is 5.15 Å². The highest BCUT2D eigenvalue weighted by Crippen LogP contribution is 2.25. The van der Waals surface area contributed by atoms with Crippen LogP contribution in [-0.2, 0) is 0 Å². The van der Waals surface area contributed by atoms with Crippen molar-refractivity contribution in [2.45, 2.75) is 23.8 Å². The molecule has 1 aromatic rings. The van der Waals surface area contributed by atoms with Gasteiger partial charge in [0.05, 0.1) is 6.10 Å². The van der Waals surface area contributed by atoms with Crippen molar-refractivity contribution in [3.05, 3.63) is 16.9 Å². The van der Waals surface area contributed by atoms with Crippen molar-refractivity contribution in [1.29, 1.82) is 0 Å². The summed E-state index contributed by atoms with van der Waals surface area (Å²) in [5.74, 6) is 0.263. The second-order valence-corrected chi connectivity index (χ2v) is 4.60. The average Bonchev–Trinajstić information content (AvgIpc) is 2.28. The van der Waals surface area contributed by atoms with Gasteiger partial charge in [-0.3, -0.25) is 0 Å². The molecule has 2 unspecified atom stereocenters. The standard InChI is InChI=1S/C9H12Cl2N2O2S/c1-16-9-12-4-5(8(11)13-9)7(15)6(14)2-3-10/h4,6-7,14-15H,2-3H2,1H3. The zero-order chi connectivity index (χ0) is 12.1. The second-order valence-electron chi connectivity index (χ2n) is 3.09. The number of hydrogen-bond acceptors (Lipinski definition) is 5. The van der Waals surface area contributed by atoms with Crippen molar-refractivity contribution < 1.29 is 10.2 Å². The van der Waals surface area contributed by atoms with Crippen LogP contribution >= 0.6 is 35.0 Å². The van der Waals surface area contributed by atoms with Crippen LogP contribution < -0.4 is 0 Å². The van der Waals surface area contributed by atoms with E-state index in [1.807, 2.05) is 6.26 Å². The van der Waals surface area contributed by atoms with Gasteiger partial charge in [0.1, 0.15) is 11.3 Å². The zero-order valence-electron chi connectivity index (χ0n) is 8.60. The number of thioether (sulfide) groups is 1. The average molecular weight is 283 g/mol. The molecule has 2 N–H and O–H groups in total. The molecule has 0 aromatic carbocycles. The molecule has 0 bridgehead atoms. The first-order chi connectivity index (χ1) is 7.60. The van der Waals surface area contributed by atoms with Gasteiger partial charge in [-0.1, -0.05) is 23.4 Å². The Balaban J connectivity index is 2.87. The van der Waals surface area contributed by atoms with Crippen molar-refractivity contribution in [3.8, 4) is 0 Å². The number of alkyl halides is 1. The number of rotatable bonds is 5. The van der Waals surface area contributed by atoms with E-state index in [1.165, 1.54) is 18.0 Å². The van der Waals surface area contributed by atoms with Gasteiger partial charge in [-0.25, -0.2) is 9.97 Å². The zero-order valence-corrected chi connectivity index (χ0v) is 10.9. The number of aliphatic hydroxyl groups is 2. The highest BCUT2D eigenvalue weighted by molar-refractivity contribution is 7.98. The summed E-state index contributed by atoms with van der Waals surface area (Å²) in [4.78, 5) is 7.95. The van der Waals surface area contributed by atoms with E-state index in [0.717, 1.165) is 0 Å². The fourth-order valence-electron chi connectivity index (χ4n) is 1.13. The maximum absolute atomic E-state index is 9.78. The minimum atomic E-state index is -1.11. The van der Waals surface area contributed by atoms with Gasteiger partial charge in [-0.15, -0.1) is 11.6 Å². The Kier molecular flexibility index (Phi) is 5.78. The molecule has 1 rings (SSSR count). The van der Waals surface area contributed by atoms with Crippen LogP contribution in [0.1, 0.15) is 18.1 Å². The fraction of sp³-hybridized carbons (Fsp3) is 0.556. The van der Waals surface area contributed by atoms with Crippen LogP contribution in [-0.4, -0.2) is 38.4 Å². The molecule has 0 fully saturated rings. The summed E-state index contributed by atoms with van der Waals surface area (Å²) in [6, 6.07) is 0. The Morgan fingerprint density at radius 1 is 1.50 bits per heavy atom. The van der Waals surface area contributed by atoms with E-state index < -0.39 is 12.2 Å². The van der Waals surface area contributed by atoms with E-state index in [-0.39, 0.29) is 17.5 Å². The molecular formula is C9H12Cl2N2O2S. The van der Waals surface area contributed by atoms with Crippen LogP contribution in [0.4, 0.5) is 0 Å². The van der Waals surface area contributed by atoms with E-state index >= 15 is 0 Å². The third-order valence-corrected chi connectivity index (χ3v) is 3.10. The Morgan fingerprint density at radius 2 is 2.19 bits per heavy atom. The molecular weight excluding hydrogens is 271 g/mol. The van der Waals surface area contributed by atoms with Crippen molar-refractivity contribution in [2.75, 3.05) is 12.1 Å². The number of hydrogen-bond donors (Lipinski definition) is 2. The predicted octanol–water partition coefficient (Wildman–Crippen LogP) is 1.88. The van der Waals surface area contributed by atoms with Gasteiger partial charge in [0.2, 0.25) is 0 Å². The van der Waals surface area contributed by atoms with Crippen molar-refractivity contribution in [1.82, 2.24) is 9.97 Å². The summed E-state index contributed by atoms with van der Waals surface area (Å²) >= 11 is 12.7. The number of aliphatic hydroxyl groups excluding tert-OH is 2. The molecule has 1 heterocycles. The summed E-state index contributed by atoms with van der Waals surface area (Å²) in [6.07, 6.45) is 1.46. The third kappa shape index (κ3) is 3.46. The van der Waals surface area contributed by atoms with Gasteiger partial charge in [0, 0.05) is 17.6 Å². The molecule has 1 aromatic heterocycles. The maximum Gasteiger partial charge on any atom is 0.188 e. The van der Waals surface area contributed by atoms with E-state index in [1.54, 1.807) is 0 Å².